The van der Waals surface area contributed by atoms with Gasteiger partial charge in [-0.1, -0.05) is 50.1 Å². The number of hydrogen-bond acceptors (Lipinski definition) is 5. The Bertz CT molecular complexity index is 656. The summed E-state index contributed by atoms with van der Waals surface area (Å²) in [4.78, 5) is 24.2. The van der Waals surface area contributed by atoms with Crippen LogP contribution in [0.25, 0.3) is 11.4 Å². The Morgan fingerprint density at radius 2 is 2.04 bits per heavy atom. The first kappa shape index (κ1) is 16.6. The molecule has 1 aromatic heterocycles. The van der Waals surface area contributed by atoms with Gasteiger partial charge in [-0.3, -0.25) is 4.79 Å². The number of carbonyl (C=O) groups is 2. The standard InChI is InChI=1S/C15H19N5O3/c1-2-3-9-12(15(22)23)16-13(21)10-20-18-14(17-19-20)11-7-5-4-6-8-11/h4-8,12H,2-3,9-10H2,1H3,(H,16,21)(H,22,23). The van der Waals surface area contributed by atoms with Crippen molar-refractivity contribution in [3.63, 3.8) is 0 Å². The molecule has 2 rings (SSSR count). The number of amides is 1. The molecule has 0 saturated heterocycles. The lowest BCUT2D eigenvalue weighted by molar-refractivity contribution is -0.142. The van der Waals surface area contributed by atoms with Crippen molar-refractivity contribution in [3.05, 3.63) is 30.3 Å². The smallest absolute Gasteiger partial charge is 0.326 e. The molecule has 1 aromatic carbocycles. The molecule has 1 amide bonds. The second kappa shape index (κ2) is 8.02. The van der Waals surface area contributed by atoms with Crippen LogP contribution in [0.15, 0.2) is 30.3 Å². The minimum absolute atomic E-state index is 0.171. The van der Waals surface area contributed by atoms with Crippen molar-refractivity contribution in [1.82, 2.24) is 25.5 Å². The molecule has 122 valence electrons. The van der Waals surface area contributed by atoms with Crippen LogP contribution in [0.4, 0.5) is 0 Å². The van der Waals surface area contributed by atoms with E-state index in [-0.39, 0.29) is 6.54 Å². The monoisotopic (exact) mass is 317 g/mol. The molecular weight excluding hydrogens is 298 g/mol. The second-order valence-corrected chi connectivity index (χ2v) is 5.11. The number of carboxylic acids is 1. The van der Waals surface area contributed by atoms with E-state index >= 15 is 0 Å². The van der Waals surface area contributed by atoms with Crippen molar-refractivity contribution in [3.8, 4) is 11.4 Å². The van der Waals surface area contributed by atoms with Gasteiger partial charge in [-0.25, -0.2) is 4.79 Å². The predicted octanol–water partition coefficient (Wildman–Crippen LogP) is 1.10. The maximum atomic E-state index is 11.9. The van der Waals surface area contributed by atoms with Crippen molar-refractivity contribution < 1.29 is 14.7 Å². The average Bonchev–Trinajstić information content (AvgIpc) is 3.00. The summed E-state index contributed by atoms with van der Waals surface area (Å²) in [5.41, 5.74) is 0.797. The van der Waals surface area contributed by atoms with E-state index in [1.54, 1.807) is 0 Å². The van der Waals surface area contributed by atoms with Crippen LogP contribution in [0.1, 0.15) is 26.2 Å². The third-order valence-electron chi connectivity index (χ3n) is 3.25. The highest BCUT2D eigenvalue weighted by atomic mass is 16.4. The number of rotatable bonds is 8. The molecule has 0 bridgehead atoms. The van der Waals surface area contributed by atoms with E-state index in [0.717, 1.165) is 23.2 Å². The fourth-order valence-electron chi connectivity index (χ4n) is 2.05. The van der Waals surface area contributed by atoms with Gasteiger partial charge in [-0.15, -0.1) is 10.2 Å². The van der Waals surface area contributed by atoms with Crippen LogP contribution < -0.4 is 5.32 Å². The Morgan fingerprint density at radius 3 is 2.70 bits per heavy atom. The Labute approximate surface area is 133 Å². The van der Waals surface area contributed by atoms with Gasteiger partial charge in [-0.2, -0.15) is 4.80 Å². The molecule has 8 heteroatoms. The summed E-state index contributed by atoms with van der Waals surface area (Å²) in [5.74, 6) is -1.08. The van der Waals surface area contributed by atoms with E-state index in [4.69, 9.17) is 5.11 Å². The molecule has 0 spiro atoms. The van der Waals surface area contributed by atoms with Gasteiger partial charge in [0.1, 0.15) is 12.6 Å². The average molecular weight is 317 g/mol. The number of tetrazole rings is 1. The second-order valence-electron chi connectivity index (χ2n) is 5.11. The Kier molecular flexibility index (Phi) is 5.79. The minimum atomic E-state index is -1.04. The van der Waals surface area contributed by atoms with Gasteiger partial charge in [-0.05, 0) is 11.6 Å². The fourth-order valence-corrected chi connectivity index (χ4v) is 2.05. The molecule has 1 atom stereocenters. The quantitative estimate of drug-likeness (QED) is 0.754. The molecule has 8 nitrogen and oxygen atoms in total. The highest BCUT2D eigenvalue weighted by Crippen LogP contribution is 2.11. The van der Waals surface area contributed by atoms with Crippen molar-refractivity contribution in [1.29, 1.82) is 0 Å². The molecule has 0 saturated carbocycles. The Morgan fingerprint density at radius 1 is 1.30 bits per heavy atom. The van der Waals surface area contributed by atoms with E-state index in [0.29, 0.717) is 12.2 Å². The number of aliphatic carboxylic acids is 1. The van der Waals surface area contributed by atoms with Gasteiger partial charge < -0.3 is 10.4 Å². The molecule has 0 aliphatic carbocycles. The molecule has 2 aromatic rings. The van der Waals surface area contributed by atoms with Crippen LogP contribution in [-0.4, -0.2) is 43.2 Å². The summed E-state index contributed by atoms with van der Waals surface area (Å²) in [6, 6.07) is 8.38. The van der Waals surface area contributed by atoms with E-state index < -0.39 is 17.9 Å². The number of benzene rings is 1. The normalized spacial score (nSPS) is 11.9. The molecule has 2 N–H and O–H groups in total. The number of unbranched alkanes of at least 4 members (excludes halogenated alkanes) is 1. The number of nitrogens with zero attached hydrogens (tertiary/aromatic N) is 4. The first-order chi connectivity index (χ1) is 11.1. The van der Waals surface area contributed by atoms with E-state index in [1.807, 2.05) is 37.3 Å². The van der Waals surface area contributed by atoms with Crippen molar-refractivity contribution in [2.75, 3.05) is 0 Å². The molecule has 0 aliphatic heterocycles. The largest absolute Gasteiger partial charge is 0.480 e. The zero-order chi connectivity index (χ0) is 16.7. The highest BCUT2D eigenvalue weighted by Gasteiger charge is 2.20. The number of nitrogens with one attached hydrogen (secondary N) is 1. The van der Waals surface area contributed by atoms with Crippen LogP contribution in [0.5, 0.6) is 0 Å². The predicted molar refractivity (Wildman–Crippen MR) is 82.3 cm³/mol. The van der Waals surface area contributed by atoms with Gasteiger partial charge >= 0.3 is 5.97 Å². The molecule has 1 heterocycles. The Balaban J connectivity index is 1.95. The highest BCUT2D eigenvalue weighted by molar-refractivity contribution is 5.83. The lowest BCUT2D eigenvalue weighted by Gasteiger charge is -2.13. The number of hydrogen-bond donors (Lipinski definition) is 2. The van der Waals surface area contributed by atoms with Gasteiger partial charge in [0.2, 0.25) is 11.7 Å². The van der Waals surface area contributed by atoms with Crippen LogP contribution in [0, 0.1) is 0 Å². The summed E-state index contributed by atoms with van der Waals surface area (Å²) >= 11 is 0. The van der Waals surface area contributed by atoms with Gasteiger partial charge in [0.15, 0.2) is 0 Å². The zero-order valence-electron chi connectivity index (χ0n) is 12.8. The third kappa shape index (κ3) is 4.87. The molecule has 0 fully saturated rings. The molecule has 0 aliphatic rings. The fraction of sp³-hybridized carbons (Fsp3) is 0.400. The number of aromatic nitrogens is 4. The summed E-state index contributed by atoms with van der Waals surface area (Å²) < 4.78 is 0. The lowest BCUT2D eigenvalue weighted by atomic mass is 10.1. The topological polar surface area (TPSA) is 110 Å². The summed E-state index contributed by atoms with van der Waals surface area (Å²) in [5, 5.41) is 23.4. The number of carboxylic acid groups (broad SMARTS) is 1. The van der Waals surface area contributed by atoms with Gasteiger partial charge in [0.05, 0.1) is 0 Å². The van der Waals surface area contributed by atoms with Crippen molar-refractivity contribution >= 4 is 11.9 Å². The van der Waals surface area contributed by atoms with Crippen LogP contribution >= 0.6 is 0 Å². The van der Waals surface area contributed by atoms with Crippen LogP contribution in [-0.2, 0) is 16.1 Å². The Hall–Kier alpha value is -2.77. The van der Waals surface area contributed by atoms with Crippen molar-refractivity contribution in [2.24, 2.45) is 0 Å². The lowest BCUT2D eigenvalue weighted by Crippen LogP contribution is -2.42. The minimum Gasteiger partial charge on any atom is -0.480 e. The maximum Gasteiger partial charge on any atom is 0.326 e. The van der Waals surface area contributed by atoms with Gasteiger partial charge in [0.25, 0.3) is 0 Å². The third-order valence-corrected chi connectivity index (χ3v) is 3.25. The van der Waals surface area contributed by atoms with Crippen LogP contribution in [0.3, 0.4) is 0 Å². The summed E-state index contributed by atoms with van der Waals surface area (Å²) in [6.45, 7) is 1.79. The zero-order valence-corrected chi connectivity index (χ0v) is 12.8. The maximum absolute atomic E-state index is 11.9. The van der Waals surface area contributed by atoms with Crippen molar-refractivity contribution in [2.45, 2.75) is 38.8 Å². The van der Waals surface area contributed by atoms with Crippen LogP contribution in [0.2, 0.25) is 0 Å². The van der Waals surface area contributed by atoms with E-state index in [1.165, 1.54) is 0 Å². The first-order valence-corrected chi connectivity index (χ1v) is 7.45. The molecule has 1 unspecified atom stereocenters. The first-order valence-electron chi connectivity index (χ1n) is 7.45. The summed E-state index contributed by atoms with van der Waals surface area (Å²) in [6.07, 6.45) is 2.00. The number of carbonyl (C=O) groups excluding carboxylic acids is 1. The molecular formula is C15H19N5O3. The van der Waals surface area contributed by atoms with Gasteiger partial charge in [0, 0.05) is 5.56 Å². The van der Waals surface area contributed by atoms with E-state index in [9.17, 15) is 9.59 Å². The molecule has 0 radical (unpaired) electrons. The SMILES string of the molecule is CCCCC(NC(=O)Cn1nnc(-c2ccccc2)n1)C(=O)O. The van der Waals surface area contributed by atoms with E-state index in [2.05, 4.69) is 20.7 Å². The molecule has 23 heavy (non-hydrogen) atoms. The summed E-state index contributed by atoms with van der Waals surface area (Å²) in [7, 11) is 0.